The van der Waals surface area contributed by atoms with Gasteiger partial charge in [0.1, 0.15) is 4.90 Å². The molecule has 20 heavy (non-hydrogen) atoms. The molecular formula is C12H16Cl2N2O3S. The van der Waals surface area contributed by atoms with Crippen molar-refractivity contribution in [2.45, 2.75) is 30.9 Å². The van der Waals surface area contributed by atoms with Gasteiger partial charge in [-0.2, -0.15) is 4.31 Å². The van der Waals surface area contributed by atoms with Gasteiger partial charge >= 0.3 is 0 Å². The number of rotatable bonds is 2. The van der Waals surface area contributed by atoms with Gasteiger partial charge < -0.3 is 10.5 Å². The van der Waals surface area contributed by atoms with Gasteiger partial charge in [-0.05, 0) is 26.0 Å². The second kappa shape index (κ2) is 5.69. The van der Waals surface area contributed by atoms with Crippen molar-refractivity contribution < 1.29 is 13.2 Å². The van der Waals surface area contributed by atoms with Gasteiger partial charge in [-0.3, -0.25) is 0 Å². The van der Waals surface area contributed by atoms with E-state index < -0.39 is 10.0 Å². The molecule has 1 aromatic carbocycles. The molecule has 0 aromatic heterocycles. The van der Waals surface area contributed by atoms with E-state index in [4.69, 9.17) is 33.7 Å². The summed E-state index contributed by atoms with van der Waals surface area (Å²) in [5.74, 6) is 0. The lowest BCUT2D eigenvalue weighted by atomic mass is 10.2. The highest BCUT2D eigenvalue weighted by Gasteiger charge is 2.36. The molecule has 0 aliphatic carbocycles. The normalized spacial score (nSPS) is 24.8. The van der Waals surface area contributed by atoms with E-state index in [0.29, 0.717) is 12.3 Å². The van der Waals surface area contributed by atoms with Crippen LogP contribution in [0.1, 0.15) is 13.8 Å². The Morgan fingerprint density at radius 1 is 1.30 bits per heavy atom. The van der Waals surface area contributed by atoms with Crippen molar-refractivity contribution in [3.8, 4) is 0 Å². The average molecular weight is 339 g/mol. The third kappa shape index (κ3) is 2.89. The number of halogens is 2. The van der Waals surface area contributed by atoms with Gasteiger partial charge in [-0.1, -0.05) is 23.2 Å². The molecule has 2 unspecified atom stereocenters. The Balaban J connectivity index is 2.50. The van der Waals surface area contributed by atoms with Crippen LogP contribution in [0.25, 0.3) is 0 Å². The summed E-state index contributed by atoms with van der Waals surface area (Å²) in [5, 5.41) is 0.0580. The lowest BCUT2D eigenvalue weighted by molar-refractivity contribution is -0.0170. The molecule has 8 heteroatoms. The summed E-state index contributed by atoms with van der Waals surface area (Å²) in [6, 6.07) is 2.49. The Morgan fingerprint density at radius 3 is 2.40 bits per heavy atom. The zero-order chi connectivity index (χ0) is 15.1. The van der Waals surface area contributed by atoms with Gasteiger partial charge in [0, 0.05) is 18.3 Å². The van der Waals surface area contributed by atoms with Crippen molar-refractivity contribution in [3.63, 3.8) is 0 Å². The zero-order valence-corrected chi connectivity index (χ0v) is 13.5. The zero-order valence-electron chi connectivity index (χ0n) is 11.1. The second-order valence-electron chi connectivity index (χ2n) is 4.88. The van der Waals surface area contributed by atoms with Gasteiger partial charge in [0.2, 0.25) is 10.0 Å². The summed E-state index contributed by atoms with van der Waals surface area (Å²) in [4.78, 5) is -0.101. The number of hydrogen-bond acceptors (Lipinski definition) is 4. The Bertz CT molecular complexity index is 598. The van der Waals surface area contributed by atoms with Crippen LogP contribution in [0.3, 0.4) is 0 Å². The molecule has 0 radical (unpaired) electrons. The van der Waals surface area contributed by atoms with E-state index in [1.165, 1.54) is 16.4 Å². The standard InChI is InChI=1S/C12H16Cl2N2O3S/c1-7-6-19-8(2)5-16(7)20(17,18)12-10(13)3-9(15)4-11(12)14/h3-4,7-8H,5-6,15H2,1-2H3. The number of benzene rings is 1. The van der Waals surface area contributed by atoms with Crippen LogP contribution in [-0.2, 0) is 14.8 Å². The molecule has 112 valence electrons. The fraction of sp³-hybridized carbons (Fsp3) is 0.500. The number of morpholine rings is 1. The first-order valence-electron chi connectivity index (χ1n) is 6.11. The third-order valence-electron chi connectivity index (χ3n) is 3.14. The van der Waals surface area contributed by atoms with E-state index in [1.807, 2.05) is 6.92 Å². The van der Waals surface area contributed by atoms with Gasteiger partial charge in [0.25, 0.3) is 0 Å². The molecule has 0 amide bonds. The Morgan fingerprint density at radius 2 is 1.85 bits per heavy atom. The van der Waals surface area contributed by atoms with E-state index in [1.54, 1.807) is 6.92 Å². The number of sulfonamides is 1. The molecule has 2 rings (SSSR count). The lowest BCUT2D eigenvalue weighted by Crippen LogP contribution is -2.50. The molecule has 0 spiro atoms. The second-order valence-corrected chi connectivity index (χ2v) is 7.52. The predicted octanol–water partition coefficient (Wildman–Crippen LogP) is 2.37. The van der Waals surface area contributed by atoms with Crippen LogP contribution in [0.5, 0.6) is 0 Å². The van der Waals surface area contributed by atoms with Crippen molar-refractivity contribution in [1.82, 2.24) is 4.31 Å². The molecule has 5 nitrogen and oxygen atoms in total. The Hall–Kier alpha value is -0.530. The molecular weight excluding hydrogens is 323 g/mol. The van der Waals surface area contributed by atoms with Gasteiger partial charge in [0.05, 0.1) is 22.8 Å². The molecule has 1 fully saturated rings. The van der Waals surface area contributed by atoms with Crippen molar-refractivity contribution in [1.29, 1.82) is 0 Å². The predicted molar refractivity (Wildman–Crippen MR) is 79.6 cm³/mol. The lowest BCUT2D eigenvalue weighted by Gasteiger charge is -2.36. The SMILES string of the molecule is CC1CN(S(=O)(=O)c2c(Cl)cc(N)cc2Cl)C(C)CO1. The fourth-order valence-corrected chi connectivity index (χ4v) is 5.03. The quantitative estimate of drug-likeness (QED) is 0.840. The van der Waals surface area contributed by atoms with E-state index >= 15 is 0 Å². The summed E-state index contributed by atoms with van der Waals surface area (Å²) in [5.41, 5.74) is 5.92. The van der Waals surface area contributed by atoms with Crippen LogP contribution < -0.4 is 5.73 Å². The maximum absolute atomic E-state index is 12.8. The minimum absolute atomic E-state index is 0.0290. The maximum atomic E-state index is 12.8. The van der Waals surface area contributed by atoms with Crippen LogP contribution in [0, 0.1) is 0 Å². The highest BCUT2D eigenvalue weighted by Crippen LogP contribution is 2.35. The molecule has 1 heterocycles. The number of hydrogen-bond donors (Lipinski definition) is 1. The Kier molecular flexibility index (Phi) is 4.51. The fourth-order valence-electron chi connectivity index (χ4n) is 2.15. The van der Waals surface area contributed by atoms with E-state index in [9.17, 15) is 8.42 Å². The first kappa shape index (κ1) is 15.9. The highest BCUT2D eigenvalue weighted by atomic mass is 35.5. The minimum Gasteiger partial charge on any atom is -0.399 e. The van der Waals surface area contributed by atoms with Crippen LogP contribution in [-0.4, -0.2) is 38.0 Å². The number of nitrogens with two attached hydrogens (primary N) is 1. The van der Waals surface area contributed by atoms with Gasteiger partial charge in [0.15, 0.2) is 0 Å². The molecule has 0 saturated carbocycles. The average Bonchev–Trinajstić information content (AvgIpc) is 2.30. The van der Waals surface area contributed by atoms with Gasteiger partial charge in [-0.25, -0.2) is 8.42 Å². The van der Waals surface area contributed by atoms with Crippen LogP contribution in [0.2, 0.25) is 10.0 Å². The van der Waals surface area contributed by atoms with Crippen LogP contribution in [0.15, 0.2) is 17.0 Å². The molecule has 2 N–H and O–H groups in total. The van der Waals surface area contributed by atoms with Crippen LogP contribution in [0.4, 0.5) is 5.69 Å². The number of ether oxygens (including phenoxy) is 1. The first-order valence-corrected chi connectivity index (χ1v) is 8.31. The van der Waals surface area contributed by atoms with Gasteiger partial charge in [-0.15, -0.1) is 0 Å². The minimum atomic E-state index is -3.79. The van der Waals surface area contributed by atoms with Crippen LogP contribution >= 0.6 is 23.2 Å². The molecule has 1 saturated heterocycles. The maximum Gasteiger partial charge on any atom is 0.246 e. The molecule has 1 aliphatic heterocycles. The largest absolute Gasteiger partial charge is 0.399 e. The summed E-state index contributed by atoms with van der Waals surface area (Å²) in [7, 11) is -3.79. The van der Waals surface area contributed by atoms with E-state index in [0.717, 1.165) is 0 Å². The summed E-state index contributed by atoms with van der Waals surface area (Å²) < 4.78 is 32.3. The molecule has 0 bridgehead atoms. The molecule has 2 atom stereocenters. The number of nitrogen functional groups attached to an aromatic ring is 1. The Labute approximate surface area is 128 Å². The summed E-state index contributed by atoms with van der Waals surface area (Å²) in [6.45, 7) is 4.20. The smallest absolute Gasteiger partial charge is 0.246 e. The molecule has 1 aliphatic rings. The summed E-state index contributed by atoms with van der Waals surface area (Å²) >= 11 is 12.0. The molecule has 1 aromatic rings. The van der Waals surface area contributed by atoms with Crippen molar-refractivity contribution >= 4 is 38.9 Å². The van der Waals surface area contributed by atoms with Crippen molar-refractivity contribution in [3.05, 3.63) is 22.2 Å². The number of nitrogens with zero attached hydrogens (tertiary/aromatic N) is 1. The summed E-state index contributed by atoms with van der Waals surface area (Å²) in [6.07, 6.45) is -0.174. The monoisotopic (exact) mass is 338 g/mol. The topological polar surface area (TPSA) is 72.6 Å². The van der Waals surface area contributed by atoms with E-state index in [2.05, 4.69) is 0 Å². The number of anilines is 1. The van der Waals surface area contributed by atoms with Crippen molar-refractivity contribution in [2.75, 3.05) is 18.9 Å². The van der Waals surface area contributed by atoms with E-state index in [-0.39, 0.29) is 33.6 Å². The van der Waals surface area contributed by atoms with Crippen molar-refractivity contribution in [2.24, 2.45) is 0 Å². The first-order chi connectivity index (χ1) is 9.23. The highest BCUT2D eigenvalue weighted by molar-refractivity contribution is 7.89. The third-order valence-corrected chi connectivity index (χ3v) is 6.04.